The van der Waals surface area contributed by atoms with Gasteiger partial charge in [-0.3, -0.25) is 9.59 Å². The molecule has 0 aliphatic heterocycles. The van der Waals surface area contributed by atoms with Crippen molar-refractivity contribution in [3.05, 3.63) is 28.3 Å². The molecule has 21 heavy (non-hydrogen) atoms. The summed E-state index contributed by atoms with van der Waals surface area (Å²) in [5.41, 5.74) is 2.92. The molecule has 0 spiro atoms. The predicted octanol–water partition coefficient (Wildman–Crippen LogP) is 1.72. The summed E-state index contributed by atoms with van der Waals surface area (Å²) in [6, 6.07) is 1.84. The van der Waals surface area contributed by atoms with Crippen LogP contribution in [-0.4, -0.2) is 28.7 Å². The molecule has 0 heterocycles. The maximum absolute atomic E-state index is 11.2. The second-order valence-electron chi connectivity index (χ2n) is 4.61. The Morgan fingerprint density at radius 3 is 1.71 bits per heavy atom. The fourth-order valence-corrected chi connectivity index (χ4v) is 2.05. The quantitative estimate of drug-likeness (QED) is 0.694. The van der Waals surface area contributed by atoms with Gasteiger partial charge in [0.1, 0.15) is 17.5 Å². The minimum atomic E-state index is -0.284. The first-order chi connectivity index (χ1) is 9.90. The van der Waals surface area contributed by atoms with Gasteiger partial charge in [-0.1, -0.05) is 6.07 Å². The first-order valence-corrected chi connectivity index (χ1v) is 7.43. The minimum absolute atomic E-state index is 0.116. The highest BCUT2D eigenvalue weighted by atomic mass is 35.5. The highest BCUT2D eigenvalue weighted by molar-refractivity contribution is 6.27. The number of rotatable bonds is 6. The first kappa shape index (κ1) is 17.6. The van der Waals surface area contributed by atoms with Gasteiger partial charge in [0.05, 0.1) is 0 Å². The van der Waals surface area contributed by atoms with E-state index in [9.17, 15) is 14.7 Å². The molecule has 0 unspecified atom stereocenters. The van der Waals surface area contributed by atoms with Crippen molar-refractivity contribution < 1.29 is 14.7 Å². The summed E-state index contributed by atoms with van der Waals surface area (Å²) < 4.78 is 0. The molecule has 2 amide bonds. The second kappa shape index (κ2) is 8.10. The Hall–Kier alpha value is -1.46. The third kappa shape index (κ3) is 4.79. The number of carbonyl (C=O) groups excluding carboxylic acids is 2. The minimum Gasteiger partial charge on any atom is -0.507 e. The number of benzene rings is 1. The molecule has 0 aromatic heterocycles. The zero-order valence-electron chi connectivity index (χ0n) is 11.9. The van der Waals surface area contributed by atoms with E-state index in [4.69, 9.17) is 23.2 Å². The van der Waals surface area contributed by atoms with Gasteiger partial charge < -0.3 is 15.7 Å². The molecule has 0 radical (unpaired) electrons. The summed E-state index contributed by atoms with van der Waals surface area (Å²) in [5.74, 6) is -0.644. The van der Waals surface area contributed by atoms with Crippen molar-refractivity contribution in [3.8, 4) is 5.75 Å². The summed E-state index contributed by atoms with van der Waals surface area (Å²) >= 11 is 10.8. The van der Waals surface area contributed by atoms with Gasteiger partial charge in [-0.25, -0.2) is 0 Å². The molecule has 0 saturated heterocycles. The van der Waals surface area contributed by atoms with Gasteiger partial charge in [-0.2, -0.15) is 0 Å². The third-order valence-electron chi connectivity index (χ3n) is 3.22. The summed E-state index contributed by atoms with van der Waals surface area (Å²) in [6.07, 6.45) is 0. The maximum atomic E-state index is 11.2. The molecule has 0 aliphatic rings. The number of amides is 2. The van der Waals surface area contributed by atoms with Crippen molar-refractivity contribution in [1.82, 2.24) is 10.6 Å². The molecule has 0 aliphatic carbocycles. The fourth-order valence-electron chi connectivity index (χ4n) is 1.86. The highest BCUT2D eigenvalue weighted by Crippen LogP contribution is 2.28. The van der Waals surface area contributed by atoms with Crippen LogP contribution < -0.4 is 10.6 Å². The average molecular weight is 333 g/mol. The third-order valence-corrected chi connectivity index (χ3v) is 3.70. The molecule has 7 heteroatoms. The topological polar surface area (TPSA) is 78.4 Å². The van der Waals surface area contributed by atoms with E-state index in [0.717, 1.165) is 11.1 Å². The summed E-state index contributed by atoms with van der Waals surface area (Å²) in [4.78, 5) is 22.4. The van der Waals surface area contributed by atoms with Crippen molar-refractivity contribution in [2.24, 2.45) is 0 Å². The number of halogens is 2. The van der Waals surface area contributed by atoms with E-state index in [1.54, 1.807) is 13.8 Å². The van der Waals surface area contributed by atoms with Crippen LogP contribution >= 0.6 is 23.2 Å². The lowest BCUT2D eigenvalue weighted by molar-refractivity contribution is -0.119. The smallest absolute Gasteiger partial charge is 0.235 e. The zero-order chi connectivity index (χ0) is 16.0. The molecule has 0 bridgehead atoms. The van der Waals surface area contributed by atoms with Gasteiger partial charge in [-0.15, -0.1) is 23.2 Å². The Balaban J connectivity index is 2.96. The lowest BCUT2D eigenvalue weighted by Crippen LogP contribution is -2.25. The fraction of sp³-hybridized carbons (Fsp3) is 0.429. The Kier molecular flexibility index (Phi) is 6.78. The van der Waals surface area contributed by atoms with Gasteiger partial charge in [0.2, 0.25) is 11.8 Å². The summed E-state index contributed by atoms with van der Waals surface area (Å²) in [6.45, 7) is 4.07. The van der Waals surface area contributed by atoms with Crippen LogP contribution in [0.2, 0.25) is 0 Å². The molecule has 116 valence electrons. The maximum Gasteiger partial charge on any atom is 0.235 e. The Morgan fingerprint density at radius 2 is 1.38 bits per heavy atom. The Morgan fingerprint density at radius 1 is 1.00 bits per heavy atom. The number of nitrogens with one attached hydrogen (secondary N) is 2. The Labute approximate surface area is 133 Å². The molecule has 1 aromatic rings. The van der Waals surface area contributed by atoms with Gasteiger partial charge in [0.15, 0.2) is 0 Å². The van der Waals surface area contributed by atoms with Crippen LogP contribution in [-0.2, 0) is 22.7 Å². The molecule has 5 nitrogen and oxygen atoms in total. The molecule has 1 rings (SSSR count). The van der Waals surface area contributed by atoms with E-state index >= 15 is 0 Å². The Bertz CT molecular complexity index is 503. The van der Waals surface area contributed by atoms with E-state index in [-0.39, 0.29) is 42.4 Å². The number of phenols is 1. The van der Waals surface area contributed by atoms with Crippen LogP contribution in [0.4, 0.5) is 0 Å². The van der Waals surface area contributed by atoms with E-state index in [0.29, 0.717) is 11.1 Å². The standard InChI is InChI=1S/C14H18Cl2N2O3/c1-8-10(6-17-12(19)4-15)3-11(9(2)14(8)21)7-18-13(20)5-16/h3,21H,4-7H2,1-2H3,(H,17,19)(H,18,20). The largest absolute Gasteiger partial charge is 0.507 e. The number of phenolic OH excluding ortho intramolecular Hbond substituents is 1. The van der Waals surface area contributed by atoms with Crippen LogP contribution in [0.15, 0.2) is 6.07 Å². The SMILES string of the molecule is Cc1c(CNC(=O)CCl)cc(CNC(=O)CCl)c(C)c1O. The molecule has 0 atom stereocenters. The van der Waals surface area contributed by atoms with Crippen LogP contribution in [0.25, 0.3) is 0 Å². The highest BCUT2D eigenvalue weighted by Gasteiger charge is 2.13. The van der Waals surface area contributed by atoms with Crippen molar-refractivity contribution in [3.63, 3.8) is 0 Å². The first-order valence-electron chi connectivity index (χ1n) is 6.37. The van der Waals surface area contributed by atoms with Crippen LogP contribution in [0.3, 0.4) is 0 Å². The van der Waals surface area contributed by atoms with Crippen molar-refractivity contribution in [1.29, 1.82) is 0 Å². The average Bonchev–Trinajstić information content (AvgIpc) is 2.50. The normalized spacial score (nSPS) is 10.3. The molecular weight excluding hydrogens is 315 g/mol. The predicted molar refractivity (Wildman–Crippen MR) is 82.7 cm³/mol. The lowest BCUT2D eigenvalue weighted by Gasteiger charge is -2.15. The number of carbonyl (C=O) groups is 2. The van der Waals surface area contributed by atoms with Crippen molar-refractivity contribution in [2.45, 2.75) is 26.9 Å². The van der Waals surface area contributed by atoms with Gasteiger partial charge in [0, 0.05) is 13.1 Å². The number of hydrogen-bond acceptors (Lipinski definition) is 3. The van der Waals surface area contributed by atoms with Gasteiger partial charge in [0.25, 0.3) is 0 Å². The van der Waals surface area contributed by atoms with Crippen LogP contribution in [0.1, 0.15) is 22.3 Å². The van der Waals surface area contributed by atoms with Crippen molar-refractivity contribution >= 4 is 35.0 Å². The van der Waals surface area contributed by atoms with Gasteiger partial charge >= 0.3 is 0 Å². The molecule has 3 N–H and O–H groups in total. The summed E-state index contributed by atoms with van der Waals surface area (Å²) in [7, 11) is 0. The monoisotopic (exact) mass is 332 g/mol. The molecule has 0 saturated carbocycles. The van der Waals surface area contributed by atoms with E-state index in [2.05, 4.69) is 10.6 Å². The van der Waals surface area contributed by atoms with E-state index in [1.165, 1.54) is 0 Å². The molecule has 1 aromatic carbocycles. The number of alkyl halides is 2. The van der Waals surface area contributed by atoms with E-state index < -0.39 is 0 Å². The molecule has 0 fully saturated rings. The zero-order valence-corrected chi connectivity index (χ0v) is 13.4. The molecular formula is C14H18Cl2N2O3. The van der Waals surface area contributed by atoms with Crippen LogP contribution in [0.5, 0.6) is 5.75 Å². The van der Waals surface area contributed by atoms with Crippen LogP contribution in [0, 0.1) is 13.8 Å². The number of aromatic hydroxyl groups is 1. The number of hydrogen-bond donors (Lipinski definition) is 3. The lowest BCUT2D eigenvalue weighted by atomic mass is 9.98. The van der Waals surface area contributed by atoms with E-state index in [1.807, 2.05) is 6.07 Å². The second-order valence-corrected chi connectivity index (χ2v) is 5.15. The summed E-state index contributed by atoms with van der Waals surface area (Å²) in [5, 5.41) is 15.4. The van der Waals surface area contributed by atoms with Crippen molar-refractivity contribution in [2.75, 3.05) is 11.8 Å². The van der Waals surface area contributed by atoms with Gasteiger partial charge in [-0.05, 0) is 36.1 Å².